The van der Waals surface area contributed by atoms with Crippen LogP contribution in [0.1, 0.15) is 81.3 Å². The summed E-state index contributed by atoms with van der Waals surface area (Å²) in [7, 11) is 0. The molecule has 0 saturated carbocycles. The van der Waals surface area contributed by atoms with Crippen LogP contribution in [0, 0.1) is 0 Å². The molecular formula is C30H42N6O3S. The number of rotatable bonds is 13. The quantitative estimate of drug-likeness (QED) is 0.205. The van der Waals surface area contributed by atoms with Crippen molar-refractivity contribution in [3.8, 4) is 0 Å². The van der Waals surface area contributed by atoms with E-state index in [-0.39, 0.29) is 5.91 Å². The third-order valence-corrected chi connectivity index (χ3v) is 7.73. The Kier molecular flexibility index (Phi) is 10.4. The number of carbonyl (C=O) groups is 2. The lowest BCUT2D eigenvalue weighted by Gasteiger charge is -2.19. The molecule has 1 aliphatic heterocycles. The molecule has 2 aromatic heterocycles. The minimum absolute atomic E-state index is 0.0725. The molecule has 1 aromatic carbocycles. The number of unbranched alkanes of at least 4 members (excludes halogenated alkanes) is 4. The SMILES string of the molecule is CCCCCCCSc1ccc2c(c1)CCN2C(=O)c1cnn2cc(CNCCNC(=O)OC(C)(C)C)cnc12. The Morgan fingerprint density at radius 3 is 2.73 bits per heavy atom. The van der Waals surface area contributed by atoms with Gasteiger partial charge in [0.05, 0.1) is 6.20 Å². The second kappa shape index (κ2) is 14.0. The van der Waals surface area contributed by atoms with Crippen LogP contribution in [0.15, 0.2) is 41.7 Å². The second-order valence-corrected chi connectivity index (χ2v) is 12.3. The number of thioether (sulfide) groups is 1. The smallest absolute Gasteiger partial charge is 0.407 e. The first kappa shape index (κ1) is 29.9. The number of nitrogens with zero attached hydrogens (tertiary/aromatic N) is 4. The zero-order valence-corrected chi connectivity index (χ0v) is 25.0. The van der Waals surface area contributed by atoms with E-state index in [0.29, 0.717) is 37.4 Å². The summed E-state index contributed by atoms with van der Waals surface area (Å²) in [5.41, 5.74) is 3.66. The molecule has 2 N–H and O–H groups in total. The number of ether oxygens (including phenoxy) is 1. The summed E-state index contributed by atoms with van der Waals surface area (Å²) in [4.78, 5) is 32.9. The first-order chi connectivity index (χ1) is 19.2. The average Bonchev–Trinajstić information content (AvgIpc) is 3.53. The van der Waals surface area contributed by atoms with Crippen LogP contribution >= 0.6 is 11.8 Å². The van der Waals surface area contributed by atoms with Crippen LogP contribution in [0.5, 0.6) is 0 Å². The van der Waals surface area contributed by atoms with Crippen molar-refractivity contribution >= 4 is 35.1 Å². The van der Waals surface area contributed by atoms with E-state index in [1.54, 1.807) is 16.9 Å². The molecule has 40 heavy (non-hydrogen) atoms. The van der Waals surface area contributed by atoms with Gasteiger partial charge in [0.2, 0.25) is 0 Å². The topological polar surface area (TPSA) is 101 Å². The van der Waals surface area contributed by atoms with E-state index in [9.17, 15) is 9.59 Å². The van der Waals surface area contributed by atoms with Crippen molar-refractivity contribution in [1.82, 2.24) is 25.2 Å². The molecule has 0 atom stereocenters. The van der Waals surface area contributed by atoms with Gasteiger partial charge in [0.25, 0.3) is 5.91 Å². The molecule has 0 fully saturated rings. The van der Waals surface area contributed by atoms with Gasteiger partial charge in [-0.25, -0.2) is 14.3 Å². The zero-order valence-electron chi connectivity index (χ0n) is 24.2. The van der Waals surface area contributed by atoms with Crippen LogP contribution in [-0.2, 0) is 17.7 Å². The fourth-order valence-corrected chi connectivity index (χ4v) is 5.65. The highest BCUT2D eigenvalue weighted by Gasteiger charge is 2.28. The molecule has 10 heteroatoms. The lowest BCUT2D eigenvalue weighted by molar-refractivity contribution is 0.0528. The zero-order chi connectivity index (χ0) is 28.5. The van der Waals surface area contributed by atoms with E-state index in [0.717, 1.165) is 23.4 Å². The fraction of sp³-hybridized carbons (Fsp3) is 0.533. The first-order valence-corrected chi connectivity index (χ1v) is 15.3. The Hall–Kier alpha value is -3.11. The largest absolute Gasteiger partial charge is 0.444 e. The maximum atomic E-state index is 13.5. The summed E-state index contributed by atoms with van der Waals surface area (Å²) in [6.07, 6.45) is 12.1. The number of benzene rings is 1. The lowest BCUT2D eigenvalue weighted by atomic mass is 10.2. The Bertz CT molecular complexity index is 1300. The summed E-state index contributed by atoms with van der Waals surface area (Å²) >= 11 is 1.91. The monoisotopic (exact) mass is 566 g/mol. The highest BCUT2D eigenvalue weighted by Crippen LogP contribution is 2.33. The van der Waals surface area contributed by atoms with Crippen LogP contribution in [0.3, 0.4) is 0 Å². The number of hydrogen-bond acceptors (Lipinski definition) is 7. The second-order valence-electron chi connectivity index (χ2n) is 11.2. The molecule has 0 bridgehead atoms. The molecule has 4 rings (SSSR count). The minimum Gasteiger partial charge on any atom is -0.444 e. The molecule has 3 heterocycles. The molecule has 9 nitrogen and oxygen atoms in total. The van der Waals surface area contributed by atoms with Gasteiger partial charge in [0.15, 0.2) is 5.65 Å². The maximum absolute atomic E-state index is 13.5. The number of hydrogen-bond donors (Lipinski definition) is 2. The minimum atomic E-state index is -0.517. The maximum Gasteiger partial charge on any atom is 0.407 e. The standard InChI is InChI=1S/C30H42N6O3S/c1-5-6-7-8-9-16-40-24-10-11-26-23(17-24)12-15-35(26)28(37)25-20-34-36-21-22(19-33-27(25)36)18-31-13-14-32-29(38)39-30(2,3)4/h10-11,17,19-21,31H,5-9,12-16,18H2,1-4H3,(H,32,38). The summed E-state index contributed by atoms with van der Waals surface area (Å²) in [5, 5.41) is 10.4. The van der Waals surface area contributed by atoms with E-state index < -0.39 is 11.7 Å². The Labute approximate surface area is 241 Å². The molecule has 0 radical (unpaired) electrons. The number of alkyl carbamates (subject to hydrolysis) is 1. The molecule has 2 amide bonds. The van der Waals surface area contributed by atoms with Crippen LogP contribution in [0.4, 0.5) is 10.5 Å². The Balaban J connectivity index is 1.29. The normalized spacial score (nSPS) is 13.1. The fourth-order valence-electron chi connectivity index (χ4n) is 4.68. The Morgan fingerprint density at radius 2 is 1.93 bits per heavy atom. The Morgan fingerprint density at radius 1 is 1.10 bits per heavy atom. The van der Waals surface area contributed by atoms with Gasteiger partial charge in [-0.1, -0.05) is 32.6 Å². The van der Waals surface area contributed by atoms with Gasteiger partial charge < -0.3 is 20.3 Å². The van der Waals surface area contributed by atoms with Crippen molar-refractivity contribution in [3.63, 3.8) is 0 Å². The van der Waals surface area contributed by atoms with Crippen molar-refractivity contribution in [2.45, 2.75) is 83.3 Å². The van der Waals surface area contributed by atoms with Crippen molar-refractivity contribution in [2.75, 3.05) is 30.3 Å². The predicted octanol–water partition coefficient (Wildman–Crippen LogP) is 5.61. The summed E-state index contributed by atoms with van der Waals surface area (Å²) in [6, 6.07) is 6.47. The van der Waals surface area contributed by atoms with Crippen molar-refractivity contribution in [3.05, 3.63) is 53.5 Å². The summed E-state index contributed by atoms with van der Waals surface area (Å²) < 4.78 is 6.88. The number of anilines is 1. The molecule has 0 saturated heterocycles. The molecule has 1 aliphatic rings. The van der Waals surface area contributed by atoms with Gasteiger partial charge in [0, 0.05) is 54.7 Å². The van der Waals surface area contributed by atoms with Crippen LogP contribution in [0.25, 0.3) is 5.65 Å². The van der Waals surface area contributed by atoms with Crippen molar-refractivity contribution in [2.24, 2.45) is 0 Å². The van der Waals surface area contributed by atoms with Crippen LogP contribution in [0.2, 0.25) is 0 Å². The van der Waals surface area contributed by atoms with Gasteiger partial charge in [-0.3, -0.25) is 4.79 Å². The predicted molar refractivity (Wildman–Crippen MR) is 160 cm³/mol. The number of amides is 2. The molecule has 0 unspecified atom stereocenters. The molecule has 0 spiro atoms. The van der Waals surface area contributed by atoms with Gasteiger partial charge in [-0.2, -0.15) is 5.10 Å². The first-order valence-electron chi connectivity index (χ1n) is 14.3. The van der Waals surface area contributed by atoms with Crippen molar-refractivity contribution < 1.29 is 14.3 Å². The van der Waals surface area contributed by atoms with Crippen molar-refractivity contribution in [1.29, 1.82) is 0 Å². The van der Waals surface area contributed by atoms with Crippen LogP contribution in [-0.4, -0.2) is 57.6 Å². The van der Waals surface area contributed by atoms with Gasteiger partial charge >= 0.3 is 6.09 Å². The molecule has 3 aromatic rings. The average molecular weight is 567 g/mol. The van der Waals surface area contributed by atoms with E-state index in [1.807, 2.05) is 43.6 Å². The van der Waals surface area contributed by atoms with Gasteiger partial charge in [-0.15, -0.1) is 11.8 Å². The van der Waals surface area contributed by atoms with E-state index in [2.05, 4.69) is 45.8 Å². The summed E-state index contributed by atoms with van der Waals surface area (Å²) in [5.74, 6) is 1.07. The summed E-state index contributed by atoms with van der Waals surface area (Å²) in [6.45, 7) is 9.98. The lowest BCUT2D eigenvalue weighted by Crippen LogP contribution is -2.36. The number of nitrogens with one attached hydrogen (secondary N) is 2. The van der Waals surface area contributed by atoms with Crippen LogP contribution < -0.4 is 15.5 Å². The van der Waals surface area contributed by atoms with E-state index in [1.165, 1.54) is 42.6 Å². The number of aromatic nitrogens is 3. The number of fused-ring (bicyclic) bond motifs is 2. The van der Waals surface area contributed by atoms with E-state index in [4.69, 9.17) is 4.74 Å². The molecular weight excluding hydrogens is 524 g/mol. The van der Waals surface area contributed by atoms with Gasteiger partial charge in [0.1, 0.15) is 11.2 Å². The molecule has 0 aliphatic carbocycles. The number of carbonyl (C=O) groups excluding carboxylic acids is 2. The third kappa shape index (κ3) is 8.20. The molecule has 216 valence electrons. The highest BCUT2D eigenvalue weighted by molar-refractivity contribution is 7.99. The highest BCUT2D eigenvalue weighted by atomic mass is 32.2. The van der Waals surface area contributed by atoms with E-state index >= 15 is 0 Å². The third-order valence-electron chi connectivity index (χ3n) is 6.65. The van der Waals surface area contributed by atoms with Gasteiger partial charge in [-0.05, 0) is 63.1 Å².